The van der Waals surface area contributed by atoms with Gasteiger partial charge in [0, 0.05) is 0 Å². The summed E-state index contributed by atoms with van der Waals surface area (Å²) < 4.78 is 5.14. The van der Waals surface area contributed by atoms with Gasteiger partial charge >= 0.3 is 6.09 Å². The van der Waals surface area contributed by atoms with Crippen molar-refractivity contribution in [1.82, 2.24) is 11.1 Å². The highest BCUT2D eigenvalue weighted by Crippen LogP contribution is 2.16. The van der Waals surface area contributed by atoms with Gasteiger partial charge in [-0.25, -0.2) is 4.79 Å². The number of amides is 2. The second kappa shape index (κ2) is 7.83. The zero-order valence-electron chi connectivity index (χ0n) is 12.0. The molecule has 113 valence electrons. The number of hydrogen-bond donors (Lipinski definition) is 1. The highest BCUT2D eigenvalue weighted by atomic mass is 16.5. The van der Waals surface area contributed by atoms with Crippen LogP contribution in [-0.2, 0) is 16.1 Å². The Bertz CT molecular complexity index is 614. The lowest BCUT2D eigenvalue weighted by atomic mass is 10.0. The summed E-state index contributed by atoms with van der Waals surface area (Å²) in [4.78, 5) is 22.9. The number of nitrogens with one attached hydrogen (secondary N) is 2. The van der Waals surface area contributed by atoms with Crippen molar-refractivity contribution in [1.29, 1.82) is 0 Å². The third-order valence-corrected chi connectivity index (χ3v) is 3.10. The van der Waals surface area contributed by atoms with Gasteiger partial charge < -0.3 is 10.1 Å². The molecule has 0 fully saturated rings. The van der Waals surface area contributed by atoms with E-state index in [0.29, 0.717) is 0 Å². The van der Waals surface area contributed by atoms with Gasteiger partial charge in [0.1, 0.15) is 6.61 Å². The van der Waals surface area contributed by atoms with Crippen LogP contribution >= 0.6 is 0 Å². The third-order valence-electron chi connectivity index (χ3n) is 3.10. The largest absolute Gasteiger partial charge is 0.445 e. The number of hydrogen-bond acceptors (Lipinski definition) is 3. The Labute approximate surface area is 129 Å². The second-order valence-electron chi connectivity index (χ2n) is 4.80. The molecule has 0 aliphatic carbocycles. The van der Waals surface area contributed by atoms with E-state index < -0.39 is 18.0 Å². The van der Waals surface area contributed by atoms with E-state index in [0.717, 1.165) is 11.1 Å². The number of carbonyl (C=O) groups excluding carboxylic acids is 2. The van der Waals surface area contributed by atoms with Crippen LogP contribution in [0.4, 0.5) is 4.79 Å². The summed E-state index contributed by atoms with van der Waals surface area (Å²) >= 11 is 0. The summed E-state index contributed by atoms with van der Waals surface area (Å²) in [6.07, 6.45) is -0.705. The molecule has 1 unspecified atom stereocenters. The number of rotatable bonds is 6. The zero-order valence-corrected chi connectivity index (χ0v) is 12.0. The maximum Gasteiger partial charge on any atom is 0.407 e. The standard InChI is InChI=1S/C17H17N2O3/c18-16(20)11-15(14-9-5-2-6-10-14)19-17(21)22-12-13-7-3-1-4-8-13/h1-10,15,18H,11-12H2,(H,19,21). The van der Waals surface area contributed by atoms with Crippen LogP contribution in [0, 0.1) is 0 Å². The molecule has 1 atom stereocenters. The minimum atomic E-state index is -0.739. The van der Waals surface area contributed by atoms with E-state index in [1.807, 2.05) is 48.5 Å². The minimum Gasteiger partial charge on any atom is -0.445 e. The lowest BCUT2D eigenvalue weighted by molar-refractivity contribution is -0.119. The normalized spacial score (nSPS) is 11.5. The van der Waals surface area contributed by atoms with Crippen molar-refractivity contribution < 1.29 is 14.3 Å². The van der Waals surface area contributed by atoms with Crippen molar-refractivity contribution in [2.45, 2.75) is 19.1 Å². The molecule has 2 rings (SSSR count). The molecule has 0 saturated carbocycles. The van der Waals surface area contributed by atoms with Crippen LogP contribution in [0.5, 0.6) is 0 Å². The Morgan fingerprint density at radius 3 is 2.18 bits per heavy atom. The molecule has 0 heterocycles. The molecule has 0 aliphatic heterocycles. The van der Waals surface area contributed by atoms with Gasteiger partial charge in [-0.1, -0.05) is 60.7 Å². The molecule has 1 radical (unpaired) electrons. The van der Waals surface area contributed by atoms with E-state index in [1.54, 1.807) is 12.1 Å². The topological polar surface area (TPSA) is 79.2 Å². The van der Waals surface area contributed by atoms with Crippen LogP contribution in [0.1, 0.15) is 23.6 Å². The maximum atomic E-state index is 11.9. The van der Waals surface area contributed by atoms with Crippen LogP contribution in [0.25, 0.3) is 0 Å². The van der Waals surface area contributed by atoms with Gasteiger partial charge in [-0.3, -0.25) is 10.5 Å². The Balaban J connectivity index is 1.95. The fourth-order valence-electron chi connectivity index (χ4n) is 2.03. The average Bonchev–Trinajstić information content (AvgIpc) is 2.54. The summed E-state index contributed by atoms with van der Waals surface area (Å²) in [5.41, 5.74) is 8.75. The van der Waals surface area contributed by atoms with E-state index >= 15 is 0 Å². The molecule has 0 saturated heterocycles. The minimum absolute atomic E-state index is 0.0928. The van der Waals surface area contributed by atoms with Gasteiger partial charge in [-0.15, -0.1) is 0 Å². The fraction of sp³-hybridized carbons (Fsp3) is 0.176. The smallest absolute Gasteiger partial charge is 0.407 e. The number of alkyl carbamates (subject to hydrolysis) is 1. The van der Waals surface area contributed by atoms with Crippen molar-refractivity contribution in [2.24, 2.45) is 0 Å². The molecule has 0 aromatic heterocycles. The Hall–Kier alpha value is -2.82. The van der Waals surface area contributed by atoms with Crippen LogP contribution in [-0.4, -0.2) is 12.0 Å². The quantitative estimate of drug-likeness (QED) is 0.890. The zero-order chi connectivity index (χ0) is 15.8. The second-order valence-corrected chi connectivity index (χ2v) is 4.80. The van der Waals surface area contributed by atoms with Crippen molar-refractivity contribution >= 4 is 12.0 Å². The third kappa shape index (κ3) is 4.94. The molecule has 0 aliphatic rings. The SMILES string of the molecule is [NH]C(=O)CC(NC(=O)OCc1ccccc1)c1ccccc1. The van der Waals surface area contributed by atoms with Gasteiger partial charge in [0.2, 0.25) is 5.91 Å². The maximum absolute atomic E-state index is 11.9. The summed E-state index contributed by atoms with van der Waals surface area (Å²) in [5, 5.41) is 2.63. The van der Waals surface area contributed by atoms with E-state index in [-0.39, 0.29) is 13.0 Å². The monoisotopic (exact) mass is 297 g/mol. The Kier molecular flexibility index (Phi) is 5.54. The van der Waals surface area contributed by atoms with Gasteiger partial charge in [0.25, 0.3) is 0 Å². The number of ether oxygens (including phenoxy) is 1. The molecule has 22 heavy (non-hydrogen) atoms. The molecular formula is C17H17N2O3. The fourth-order valence-corrected chi connectivity index (χ4v) is 2.03. The van der Waals surface area contributed by atoms with Crippen molar-refractivity contribution in [2.75, 3.05) is 0 Å². The van der Waals surface area contributed by atoms with Crippen molar-refractivity contribution in [3.8, 4) is 0 Å². The first-order chi connectivity index (χ1) is 10.6. The Morgan fingerprint density at radius 2 is 1.59 bits per heavy atom. The van der Waals surface area contributed by atoms with E-state index in [1.165, 1.54) is 0 Å². The molecular weight excluding hydrogens is 280 g/mol. The highest BCUT2D eigenvalue weighted by Gasteiger charge is 2.18. The lowest BCUT2D eigenvalue weighted by Crippen LogP contribution is -2.30. The molecule has 2 N–H and O–H groups in total. The van der Waals surface area contributed by atoms with Crippen molar-refractivity contribution in [3.05, 3.63) is 71.8 Å². The molecule has 2 amide bonds. The lowest BCUT2D eigenvalue weighted by Gasteiger charge is -2.17. The molecule has 2 aromatic carbocycles. The van der Waals surface area contributed by atoms with Gasteiger partial charge in [-0.05, 0) is 11.1 Å². The van der Waals surface area contributed by atoms with E-state index in [9.17, 15) is 9.59 Å². The van der Waals surface area contributed by atoms with E-state index in [4.69, 9.17) is 10.5 Å². The summed E-state index contributed by atoms with van der Waals surface area (Å²) in [5.74, 6) is -0.739. The average molecular weight is 297 g/mol. The molecule has 5 nitrogen and oxygen atoms in total. The van der Waals surface area contributed by atoms with Gasteiger partial charge in [-0.2, -0.15) is 0 Å². The predicted octanol–water partition coefficient (Wildman–Crippen LogP) is 2.85. The van der Waals surface area contributed by atoms with Gasteiger partial charge in [0.05, 0.1) is 12.5 Å². The van der Waals surface area contributed by atoms with Crippen LogP contribution in [0.2, 0.25) is 0 Å². The first-order valence-electron chi connectivity index (χ1n) is 6.92. The molecule has 5 heteroatoms. The molecule has 0 bridgehead atoms. The van der Waals surface area contributed by atoms with Crippen molar-refractivity contribution in [3.63, 3.8) is 0 Å². The molecule has 0 spiro atoms. The van der Waals surface area contributed by atoms with Crippen LogP contribution in [0.3, 0.4) is 0 Å². The molecule has 2 aromatic rings. The van der Waals surface area contributed by atoms with Gasteiger partial charge in [0.15, 0.2) is 0 Å². The highest BCUT2D eigenvalue weighted by molar-refractivity contribution is 5.75. The summed E-state index contributed by atoms with van der Waals surface area (Å²) in [6.45, 7) is 0.156. The Morgan fingerprint density at radius 1 is 1.00 bits per heavy atom. The summed E-state index contributed by atoms with van der Waals surface area (Å²) in [6, 6.07) is 17.8. The summed E-state index contributed by atoms with van der Waals surface area (Å²) in [7, 11) is 0. The first-order valence-corrected chi connectivity index (χ1v) is 6.92. The number of benzene rings is 2. The first kappa shape index (κ1) is 15.6. The van der Waals surface area contributed by atoms with Crippen LogP contribution < -0.4 is 11.1 Å². The van der Waals surface area contributed by atoms with Crippen LogP contribution in [0.15, 0.2) is 60.7 Å². The predicted molar refractivity (Wildman–Crippen MR) is 81.7 cm³/mol. The van der Waals surface area contributed by atoms with E-state index in [2.05, 4.69) is 5.32 Å². The number of carbonyl (C=O) groups is 2.